The Morgan fingerprint density at radius 1 is 1.09 bits per heavy atom. The molecule has 1 atom stereocenters. The summed E-state index contributed by atoms with van der Waals surface area (Å²) >= 11 is 1.64. The summed E-state index contributed by atoms with van der Waals surface area (Å²) < 4.78 is 6.49. The molecular formula is C24H27N5O3S. The van der Waals surface area contributed by atoms with Crippen molar-refractivity contribution >= 4 is 38.4 Å². The Balaban J connectivity index is 1.27. The van der Waals surface area contributed by atoms with E-state index in [0.717, 1.165) is 84.7 Å². The highest BCUT2D eigenvalue weighted by molar-refractivity contribution is 7.22. The molecule has 2 saturated heterocycles. The molecule has 3 aromatic rings. The number of carbonyl (C=O) groups is 1. The molecule has 1 N–H and O–H groups in total. The van der Waals surface area contributed by atoms with E-state index >= 15 is 0 Å². The number of aliphatic hydroxyl groups is 1. The first-order valence-electron chi connectivity index (χ1n) is 11.7. The molecule has 8 nitrogen and oxygen atoms in total. The van der Waals surface area contributed by atoms with Crippen LogP contribution in [0.15, 0.2) is 24.3 Å². The van der Waals surface area contributed by atoms with E-state index in [1.165, 1.54) is 0 Å². The molecule has 172 valence electrons. The van der Waals surface area contributed by atoms with E-state index in [4.69, 9.17) is 14.7 Å². The fraction of sp³-hybridized carbons (Fsp3) is 0.500. The number of β-amino-alcohol motifs (C(OH)–C–C–N with tert-alkyl or cyclic N) is 1. The molecule has 0 aromatic carbocycles. The highest BCUT2D eigenvalue weighted by Crippen LogP contribution is 2.42. The fourth-order valence-electron chi connectivity index (χ4n) is 4.61. The molecule has 3 aromatic heterocycles. The number of aliphatic hydroxyl groups excluding tert-OH is 1. The van der Waals surface area contributed by atoms with Crippen LogP contribution in [-0.2, 0) is 11.2 Å². The smallest absolute Gasteiger partial charge is 0.188 e. The van der Waals surface area contributed by atoms with E-state index in [0.29, 0.717) is 24.6 Å². The average molecular weight is 466 g/mol. The van der Waals surface area contributed by atoms with Crippen LogP contribution in [0.3, 0.4) is 0 Å². The summed E-state index contributed by atoms with van der Waals surface area (Å²) in [6, 6.07) is 7.68. The normalized spacial score (nSPS) is 21.2. The Morgan fingerprint density at radius 3 is 2.70 bits per heavy atom. The summed E-state index contributed by atoms with van der Waals surface area (Å²) in [5.41, 5.74) is 3.27. The lowest BCUT2D eigenvalue weighted by molar-refractivity contribution is 0.0988. The van der Waals surface area contributed by atoms with Gasteiger partial charge in [0.15, 0.2) is 16.6 Å². The minimum atomic E-state index is -0.327. The quantitative estimate of drug-likeness (QED) is 0.556. The zero-order valence-corrected chi connectivity index (χ0v) is 19.3. The standard InChI is InChI=1S/C24H27N5O3S/c30-17-6-7-29(14-17)21-3-1-2-18(25-21)19(31)12-16-13-20-23(26-22(16)15-4-5-15)27-24(33-20)28-8-10-32-11-9-28/h1-3,13,15,17,30H,4-12,14H2/t17-/m0/s1. The molecule has 3 aliphatic rings. The van der Waals surface area contributed by atoms with Gasteiger partial charge in [-0.3, -0.25) is 4.79 Å². The molecule has 0 unspecified atom stereocenters. The van der Waals surface area contributed by atoms with Gasteiger partial charge in [0, 0.05) is 44.2 Å². The number of Topliss-reactive ketones (excluding diaryl/α,β-unsaturated/α-hetero) is 1. The molecule has 0 spiro atoms. The molecule has 1 saturated carbocycles. The van der Waals surface area contributed by atoms with Crippen molar-refractivity contribution in [1.29, 1.82) is 0 Å². The van der Waals surface area contributed by atoms with E-state index in [1.54, 1.807) is 17.4 Å². The van der Waals surface area contributed by atoms with Crippen LogP contribution in [0, 0.1) is 0 Å². The van der Waals surface area contributed by atoms with Gasteiger partial charge in [-0.05, 0) is 43.0 Å². The topological polar surface area (TPSA) is 91.7 Å². The predicted octanol–water partition coefficient (Wildman–Crippen LogP) is 2.80. The van der Waals surface area contributed by atoms with Crippen LogP contribution in [0.4, 0.5) is 10.9 Å². The molecule has 0 amide bonds. The number of morpholine rings is 1. The Hall–Kier alpha value is -2.62. The first-order chi connectivity index (χ1) is 16.1. The largest absolute Gasteiger partial charge is 0.391 e. The molecule has 0 radical (unpaired) electrons. The minimum absolute atomic E-state index is 0.00226. The monoisotopic (exact) mass is 465 g/mol. The van der Waals surface area contributed by atoms with E-state index in [2.05, 4.69) is 16.0 Å². The third-order valence-corrected chi connectivity index (χ3v) is 7.64. The van der Waals surface area contributed by atoms with Gasteiger partial charge in [0.1, 0.15) is 11.5 Å². The van der Waals surface area contributed by atoms with Gasteiger partial charge < -0.3 is 19.6 Å². The van der Waals surface area contributed by atoms with E-state index < -0.39 is 0 Å². The number of hydrogen-bond acceptors (Lipinski definition) is 9. The number of hydrogen-bond donors (Lipinski definition) is 1. The van der Waals surface area contributed by atoms with Gasteiger partial charge in [-0.1, -0.05) is 17.4 Å². The van der Waals surface area contributed by atoms with E-state index in [1.807, 2.05) is 17.0 Å². The first kappa shape index (κ1) is 20.9. The Labute approximate surface area is 196 Å². The van der Waals surface area contributed by atoms with Gasteiger partial charge in [0.25, 0.3) is 0 Å². The number of aromatic nitrogens is 3. The van der Waals surface area contributed by atoms with Crippen LogP contribution in [0.5, 0.6) is 0 Å². The van der Waals surface area contributed by atoms with Gasteiger partial charge in [-0.15, -0.1) is 0 Å². The van der Waals surface area contributed by atoms with Crippen LogP contribution in [-0.4, -0.2) is 71.3 Å². The van der Waals surface area contributed by atoms with Crippen molar-refractivity contribution in [3.8, 4) is 0 Å². The number of fused-ring (bicyclic) bond motifs is 1. The summed E-state index contributed by atoms with van der Waals surface area (Å²) in [6.45, 7) is 4.45. The molecule has 5 heterocycles. The Kier molecular flexibility index (Phi) is 5.48. The van der Waals surface area contributed by atoms with Crippen LogP contribution in [0.1, 0.15) is 46.9 Å². The molecule has 33 heavy (non-hydrogen) atoms. The number of nitrogens with zero attached hydrogens (tertiary/aromatic N) is 5. The second-order valence-corrected chi connectivity index (χ2v) is 10.1. The second-order valence-electron chi connectivity index (χ2n) is 9.09. The van der Waals surface area contributed by atoms with Crippen molar-refractivity contribution in [2.75, 3.05) is 49.2 Å². The molecule has 9 heteroatoms. The summed E-state index contributed by atoms with van der Waals surface area (Å²) in [4.78, 5) is 31.9. The van der Waals surface area contributed by atoms with Gasteiger partial charge in [0.2, 0.25) is 0 Å². The molecule has 0 bridgehead atoms. The lowest BCUT2D eigenvalue weighted by atomic mass is 10.0. The summed E-state index contributed by atoms with van der Waals surface area (Å²) in [5, 5.41) is 10.8. The Morgan fingerprint density at radius 2 is 1.94 bits per heavy atom. The van der Waals surface area contributed by atoms with Crippen molar-refractivity contribution in [1.82, 2.24) is 15.0 Å². The van der Waals surface area contributed by atoms with Crippen LogP contribution < -0.4 is 9.80 Å². The number of rotatable bonds is 6. The van der Waals surface area contributed by atoms with Crippen molar-refractivity contribution in [2.24, 2.45) is 0 Å². The van der Waals surface area contributed by atoms with E-state index in [9.17, 15) is 9.90 Å². The third kappa shape index (κ3) is 4.32. The SMILES string of the molecule is O=C(Cc1cc2sc(N3CCOCC3)nc2nc1C1CC1)c1cccc(N2CC[C@H](O)C2)n1. The summed E-state index contributed by atoms with van der Waals surface area (Å²) in [6.07, 6.45) is 2.93. The molecule has 3 fully saturated rings. The fourth-order valence-corrected chi connectivity index (χ4v) is 5.64. The Bertz CT molecular complexity index is 1190. The number of pyridine rings is 2. The number of ketones is 1. The molecule has 1 aliphatic carbocycles. The predicted molar refractivity (Wildman–Crippen MR) is 128 cm³/mol. The maximum atomic E-state index is 13.2. The number of anilines is 2. The highest BCUT2D eigenvalue weighted by Gasteiger charge is 2.30. The van der Waals surface area contributed by atoms with Crippen LogP contribution in [0.25, 0.3) is 10.3 Å². The maximum absolute atomic E-state index is 13.2. The summed E-state index contributed by atoms with van der Waals surface area (Å²) in [5.74, 6) is 1.18. The van der Waals surface area contributed by atoms with Crippen molar-refractivity contribution in [3.05, 3.63) is 41.2 Å². The van der Waals surface area contributed by atoms with E-state index in [-0.39, 0.29) is 11.9 Å². The lowest BCUT2D eigenvalue weighted by Gasteiger charge is -2.25. The number of thiazole rings is 1. The number of ether oxygens (including phenoxy) is 1. The highest BCUT2D eigenvalue weighted by atomic mass is 32.1. The van der Waals surface area contributed by atoms with Gasteiger partial charge in [-0.25, -0.2) is 9.97 Å². The van der Waals surface area contributed by atoms with Gasteiger partial charge in [-0.2, -0.15) is 4.98 Å². The van der Waals surface area contributed by atoms with Crippen LogP contribution >= 0.6 is 11.3 Å². The molecule has 6 rings (SSSR count). The molecule has 2 aliphatic heterocycles. The number of carbonyl (C=O) groups excluding carboxylic acids is 1. The van der Waals surface area contributed by atoms with Crippen LogP contribution in [0.2, 0.25) is 0 Å². The first-order valence-corrected chi connectivity index (χ1v) is 12.5. The van der Waals surface area contributed by atoms with Crippen molar-refractivity contribution in [3.63, 3.8) is 0 Å². The lowest BCUT2D eigenvalue weighted by Crippen LogP contribution is -2.36. The average Bonchev–Trinajstić information content (AvgIpc) is 3.46. The minimum Gasteiger partial charge on any atom is -0.391 e. The van der Waals surface area contributed by atoms with Crippen molar-refractivity contribution < 1.29 is 14.6 Å². The second kappa shape index (κ2) is 8.62. The zero-order chi connectivity index (χ0) is 22.4. The summed E-state index contributed by atoms with van der Waals surface area (Å²) in [7, 11) is 0. The maximum Gasteiger partial charge on any atom is 0.188 e. The van der Waals surface area contributed by atoms with Gasteiger partial charge >= 0.3 is 0 Å². The van der Waals surface area contributed by atoms with Crippen molar-refractivity contribution in [2.45, 2.75) is 37.7 Å². The zero-order valence-electron chi connectivity index (χ0n) is 18.4. The van der Waals surface area contributed by atoms with Gasteiger partial charge in [0.05, 0.1) is 24.0 Å². The third-order valence-electron chi connectivity index (χ3n) is 6.59. The molecular weight excluding hydrogens is 438 g/mol.